The minimum atomic E-state index is -0.133. The van der Waals surface area contributed by atoms with Crippen molar-refractivity contribution in [3.05, 3.63) is 28.9 Å². The molecule has 0 bridgehead atoms. The molecular formula is C9H12N4O. The lowest BCUT2D eigenvalue weighted by Crippen LogP contribution is -2.25. The molecule has 0 saturated carbocycles. The summed E-state index contributed by atoms with van der Waals surface area (Å²) < 4.78 is 1.65. The number of nitrogens with two attached hydrogens (primary N) is 1. The van der Waals surface area contributed by atoms with Crippen molar-refractivity contribution >= 4 is 11.0 Å². The molecule has 0 aliphatic carbocycles. The fourth-order valence-corrected chi connectivity index (χ4v) is 1.52. The van der Waals surface area contributed by atoms with Gasteiger partial charge in [0, 0.05) is 18.8 Å². The lowest BCUT2D eigenvalue weighted by atomic mass is 10.3. The number of pyridine rings is 1. The Bertz CT molecular complexity index is 499. The van der Waals surface area contributed by atoms with Crippen molar-refractivity contribution in [2.24, 2.45) is 5.73 Å². The van der Waals surface area contributed by atoms with Gasteiger partial charge in [-0.25, -0.2) is 4.79 Å². The highest BCUT2D eigenvalue weighted by atomic mass is 16.1. The minimum absolute atomic E-state index is 0.00125. The van der Waals surface area contributed by atoms with Crippen molar-refractivity contribution in [1.82, 2.24) is 14.5 Å². The van der Waals surface area contributed by atoms with Crippen LogP contribution in [0, 0.1) is 0 Å². The van der Waals surface area contributed by atoms with Crippen molar-refractivity contribution in [2.75, 3.05) is 6.54 Å². The Morgan fingerprint density at radius 1 is 1.71 bits per heavy atom. The summed E-state index contributed by atoms with van der Waals surface area (Å²) in [4.78, 5) is 18.2. The van der Waals surface area contributed by atoms with Gasteiger partial charge < -0.3 is 10.7 Å². The van der Waals surface area contributed by atoms with Crippen molar-refractivity contribution in [3.8, 4) is 0 Å². The van der Waals surface area contributed by atoms with Gasteiger partial charge in [0.2, 0.25) is 0 Å². The summed E-state index contributed by atoms with van der Waals surface area (Å²) in [5.74, 6) is 0. The van der Waals surface area contributed by atoms with E-state index in [1.54, 1.807) is 23.0 Å². The molecule has 0 amide bonds. The summed E-state index contributed by atoms with van der Waals surface area (Å²) in [6.07, 6.45) is 3.30. The summed E-state index contributed by atoms with van der Waals surface area (Å²) in [7, 11) is 0. The maximum atomic E-state index is 11.6. The zero-order chi connectivity index (χ0) is 10.1. The molecule has 3 N–H and O–H groups in total. The van der Waals surface area contributed by atoms with Gasteiger partial charge in [0.25, 0.3) is 0 Å². The minimum Gasteiger partial charge on any atom is -0.328 e. The van der Waals surface area contributed by atoms with E-state index in [1.165, 1.54) is 0 Å². The molecule has 1 unspecified atom stereocenters. The van der Waals surface area contributed by atoms with Crippen LogP contribution in [0.15, 0.2) is 23.3 Å². The van der Waals surface area contributed by atoms with Gasteiger partial charge in [-0.2, -0.15) is 0 Å². The molecule has 0 saturated heterocycles. The van der Waals surface area contributed by atoms with Crippen LogP contribution in [0.25, 0.3) is 11.0 Å². The number of fused-ring (bicyclic) bond motifs is 1. The van der Waals surface area contributed by atoms with Crippen molar-refractivity contribution in [3.63, 3.8) is 0 Å². The first-order chi connectivity index (χ1) is 6.74. The van der Waals surface area contributed by atoms with Crippen molar-refractivity contribution in [2.45, 2.75) is 13.0 Å². The van der Waals surface area contributed by atoms with Gasteiger partial charge in [-0.1, -0.05) is 0 Å². The maximum Gasteiger partial charge on any atom is 0.326 e. The normalized spacial score (nSPS) is 13.3. The van der Waals surface area contributed by atoms with Gasteiger partial charge in [-0.05, 0) is 13.0 Å². The monoisotopic (exact) mass is 192 g/mol. The Morgan fingerprint density at radius 2 is 2.50 bits per heavy atom. The zero-order valence-electron chi connectivity index (χ0n) is 7.90. The number of aromatic nitrogens is 3. The first-order valence-corrected chi connectivity index (χ1v) is 4.48. The van der Waals surface area contributed by atoms with Gasteiger partial charge >= 0.3 is 5.69 Å². The third-order valence-corrected chi connectivity index (χ3v) is 2.30. The topological polar surface area (TPSA) is 76.7 Å². The standard InChI is InChI=1S/C9H12N4O/c1-6(4-10)13-8-2-3-11-5-7(8)12-9(13)14/h2-3,5-6H,4,10H2,1H3,(H,12,14). The number of aromatic amines is 1. The quantitative estimate of drug-likeness (QED) is 0.715. The fourth-order valence-electron chi connectivity index (χ4n) is 1.52. The summed E-state index contributed by atoms with van der Waals surface area (Å²) in [5, 5.41) is 0. The molecule has 2 aromatic heterocycles. The van der Waals surface area contributed by atoms with Gasteiger partial charge in [0.15, 0.2) is 0 Å². The second-order valence-corrected chi connectivity index (χ2v) is 3.28. The Kier molecular flexibility index (Phi) is 2.09. The van der Waals surface area contributed by atoms with Gasteiger partial charge in [0.1, 0.15) is 0 Å². The van der Waals surface area contributed by atoms with Crippen LogP contribution in [0.2, 0.25) is 0 Å². The first kappa shape index (κ1) is 8.96. The Labute approximate surface area is 80.6 Å². The van der Waals surface area contributed by atoms with Crippen LogP contribution < -0.4 is 11.4 Å². The third kappa shape index (κ3) is 1.22. The summed E-state index contributed by atoms with van der Waals surface area (Å²) in [6.45, 7) is 2.35. The van der Waals surface area contributed by atoms with Crippen LogP contribution in [-0.4, -0.2) is 21.1 Å². The average molecular weight is 192 g/mol. The van der Waals surface area contributed by atoms with E-state index in [-0.39, 0.29) is 11.7 Å². The molecule has 0 aliphatic rings. The number of imidazole rings is 1. The zero-order valence-corrected chi connectivity index (χ0v) is 7.90. The third-order valence-electron chi connectivity index (χ3n) is 2.30. The van der Waals surface area contributed by atoms with Gasteiger partial charge in [-0.3, -0.25) is 9.55 Å². The second kappa shape index (κ2) is 3.26. The Morgan fingerprint density at radius 3 is 3.21 bits per heavy atom. The molecular weight excluding hydrogens is 180 g/mol. The van der Waals surface area contributed by atoms with Crippen LogP contribution in [-0.2, 0) is 0 Å². The van der Waals surface area contributed by atoms with E-state index in [1.807, 2.05) is 6.92 Å². The first-order valence-electron chi connectivity index (χ1n) is 4.48. The fraction of sp³-hybridized carbons (Fsp3) is 0.333. The lowest BCUT2D eigenvalue weighted by molar-refractivity contribution is 0.557. The number of nitrogens with one attached hydrogen (secondary N) is 1. The van der Waals surface area contributed by atoms with Crippen LogP contribution in [0.5, 0.6) is 0 Å². The number of nitrogens with zero attached hydrogens (tertiary/aromatic N) is 2. The maximum absolute atomic E-state index is 11.6. The van der Waals surface area contributed by atoms with Gasteiger partial charge in [0.05, 0.1) is 17.2 Å². The molecule has 0 fully saturated rings. The highest BCUT2D eigenvalue weighted by molar-refractivity contribution is 5.73. The second-order valence-electron chi connectivity index (χ2n) is 3.28. The van der Waals surface area contributed by atoms with E-state index in [0.29, 0.717) is 6.54 Å². The molecule has 74 valence electrons. The van der Waals surface area contributed by atoms with Crippen LogP contribution in [0.4, 0.5) is 0 Å². The van der Waals surface area contributed by atoms with E-state index < -0.39 is 0 Å². The highest BCUT2D eigenvalue weighted by Gasteiger charge is 2.10. The molecule has 5 heteroatoms. The molecule has 5 nitrogen and oxygen atoms in total. The summed E-state index contributed by atoms with van der Waals surface area (Å²) in [5.41, 5.74) is 7.00. The van der Waals surface area contributed by atoms with Crippen LogP contribution >= 0.6 is 0 Å². The molecule has 0 spiro atoms. The van der Waals surface area contributed by atoms with E-state index in [0.717, 1.165) is 11.0 Å². The summed E-state index contributed by atoms with van der Waals surface area (Å²) >= 11 is 0. The highest BCUT2D eigenvalue weighted by Crippen LogP contribution is 2.11. The molecule has 0 aromatic carbocycles. The number of rotatable bonds is 2. The number of H-pyrrole nitrogens is 1. The SMILES string of the molecule is CC(CN)n1c(=O)[nH]c2cnccc21. The average Bonchev–Trinajstić information content (AvgIpc) is 2.53. The lowest BCUT2D eigenvalue weighted by Gasteiger charge is -2.09. The van der Waals surface area contributed by atoms with E-state index in [2.05, 4.69) is 9.97 Å². The summed E-state index contributed by atoms with van der Waals surface area (Å²) in [6, 6.07) is 1.80. The number of hydrogen-bond donors (Lipinski definition) is 2. The van der Waals surface area contributed by atoms with Crippen molar-refractivity contribution < 1.29 is 0 Å². The molecule has 0 aliphatic heterocycles. The predicted molar refractivity (Wildman–Crippen MR) is 54.1 cm³/mol. The Hall–Kier alpha value is -1.62. The van der Waals surface area contributed by atoms with Crippen molar-refractivity contribution in [1.29, 1.82) is 0 Å². The van der Waals surface area contributed by atoms with E-state index in [9.17, 15) is 4.79 Å². The van der Waals surface area contributed by atoms with Crippen LogP contribution in [0.3, 0.4) is 0 Å². The van der Waals surface area contributed by atoms with Gasteiger partial charge in [-0.15, -0.1) is 0 Å². The van der Waals surface area contributed by atoms with E-state index >= 15 is 0 Å². The molecule has 14 heavy (non-hydrogen) atoms. The molecule has 2 rings (SSSR count). The Balaban J connectivity index is 2.74. The molecule has 2 aromatic rings. The molecule has 2 heterocycles. The van der Waals surface area contributed by atoms with E-state index in [4.69, 9.17) is 5.73 Å². The smallest absolute Gasteiger partial charge is 0.326 e. The van der Waals surface area contributed by atoms with Crippen LogP contribution in [0.1, 0.15) is 13.0 Å². The molecule has 1 atom stereocenters. The molecule has 0 radical (unpaired) electrons. The predicted octanol–water partition coefficient (Wildman–Crippen LogP) is 0.244. The number of hydrogen-bond acceptors (Lipinski definition) is 3. The largest absolute Gasteiger partial charge is 0.328 e.